The third-order valence-electron chi connectivity index (χ3n) is 2.87. The van der Waals surface area contributed by atoms with Gasteiger partial charge in [0.1, 0.15) is 0 Å². The molecule has 0 amide bonds. The quantitative estimate of drug-likeness (QED) is 0.257. The van der Waals surface area contributed by atoms with Gasteiger partial charge in [0.25, 0.3) is 0 Å². The highest BCUT2D eigenvalue weighted by atomic mass is 16.1. The maximum Gasteiger partial charge on any atom is 0.231 e. The molecule has 0 bridgehead atoms. The molecule has 0 aliphatic carbocycles. The zero-order chi connectivity index (χ0) is 19.9. The SMILES string of the molecule is CCCCCC.CCCCCC.CCCCCC.N=C=O.N=C=O. The van der Waals surface area contributed by atoms with Crippen molar-refractivity contribution in [2.24, 2.45) is 0 Å². The largest absolute Gasteiger partial charge is 0.231 e. The molecule has 0 spiro atoms. The van der Waals surface area contributed by atoms with Gasteiger partial charge in [-0.2, -0.15) is 0 Å². The van der Waals surface area contributed by atoms with Crippen molar-refractivity contribution in [1.29, 1.82) is 10.8 Å². The molecule has 2 N–H and O–H groups in total. The van der Waals surface area contributed by atoms with Crippen molar-refractivity contribution in [3.8, 4) is 0 Å². The van der Waals surface area contributed by atoms with Crippen LogP contribution in [0.1, 0.15) is 119 Å². The molecule has 0 saturated heterocycles. The lowest BCUT2D eigenvalue weighted by atomic mass is 10.2. The zero-order valence-electron chi connectivity index (χ0n) is 17.3. The molecule has 24 heavy (non-hydrogen) atoms. The minimum atomic E-state index is 0.750. The molecule has 146 valence electrons. The molecule has 4 nitrogen and oxygen atoms in total. The molecule has 4 heteroatoms. The molecule has 0 aromatic heterocycles. The average molecular weight is 345 g/mol. The summed E-state index contributed by atoms with van der Waals surface area (Å²) in [4.78, 5) is 16.7. The van der Waals surface area contributed by atoms with E-state index in [1.807, 2.05) is 0 Å². The highest BCUT2D eigenvalue weighted by molar-refractivity contribution is 5.26. The monoisotopic (exact) mass is 344 g/mol. The molecule has 0 rings (SSSR count). The summed E-state index contributed by atoms with van der Waals surface area (Å²) < 4.78 is 0. The highest BCUT2D eigenvalue weighted by Gasteiger charge is 1.76. The predicted molar refractivity (Wildman–Crippen MR) is 106 cm³/mol. The molecule has 0 heterocycles. The van der Waals surface area contributed by atoms with Crippen molar-refractivity contribution in [3.63, 3.8) is 0 Å². The minimum absolute atomic E-state index is 0.750. The van der Waals surface area contributed by atoms with Gasteiger partial charge in [0.05, 0.1) is 0 Å². The van der Waals surface area contributed by atoms with E-state index in [0.29, 0.717) is 0 Å². The van der Waals surface area contributed by atoms with Crippen LogP contribution in [0.3, 0.4) is 0 Å². The summed E-state index contributed by atoms with van der Waals surface area (Å²) in [5.74, 6) is 0. The Kier molecular flexibility index (Phi) is 82.0. The van der Waals surface area contributed by atoms with E-state index in [-0.39, 0.29) is 0 Å². The van der Waals surface area contributed by atoms with E-state index in [9.17, 15) is 0 Å². The molecular formula is C20H44N2O2. The standard InChI is InChI=1S/3C6H14.2CHNO/c3*1-3-5-6-4-2;2*2-1-3/h3*3-6H2,1-2H3;2*2H. The lowest BCUT2D eigenvalue weighted by Gasteiger charge is -1.86. The molecule has 0 aromatic rings. The van der Waals surface area contributed by atoms with E-state index < -0.39 is 0 Å². The molecule has 0 aliphatic heterocycles. The van der Waals surface area contributed by atoms with Crippen molar-refractivity contribution in [3.05, 3.63) is 0 Å². The van der Waals surface area contributed by atoms with Crippen molar-refractivity contribution in [2.75, 3.05) is 0 Å². The number of carbonyl (C=O) groups excluding carboxylic acids is 2. The molecule has 0 aliphatic rings. The maximum atomic E-state index is 8.35. The van der Waals surface area contributed by atoms with Gasteiger partial charge in [0.2, 0.25) is 12.2 Å². The van der Waals surface area contributed by atoms with Crippen LogP contribution in [0, 0.1) is 10.8 Å². The van der Waals surface area contributed by atoms with Gasteiger partial charge in [-0.1, -0.05) is 119 Å². The first-order valence-corrected chi connectivity index (χ1v) is 9.65. The van der Waals surface area contributed by atoms with Crippen LogP contribution in [0.15, 0.2) is 0 Å². The lowest BCUT2D eigenvalue weighted by molar-refractivity contribution is 0.562. The Morgan fingerprint density at radius 3 is 0.583 bits per heavy atom. The molecule has 0 fully saturated rings. The van der Waals surface area contributed by atoms with Crippen LogP contribution < -0.4 is 0 Å². The summed E-state index contributed by atoms with van der Waals surface area (Å²) in [6, 6.07) is 0. The zero-order valence-corrected chi connectivity index (χ0v) is 17.3. The second kappa shape index (κ2) is 57.6. The van der Waals surface area contributed by atoms with Crippen molar-refractivity contribution in [2.45, 2.75) is 119 Å². The summed E-state index contributed by atoms with van der Waals surface area (Å²) >= 11 is 0. The van der Waals surface area contributed by atoms with E-state index in [4.69, 9.17) is 20.4 Å². The lowest BCUT2D eigenvalue weighted by Crippen LogP contribution is -1.66. The van der Waals surface area contributed by atoms with Gasteiger partial charge in [0.15, 0.2) is 0 Å². The number of isocyanates is 2. The van der Waals surface area contributed by atoms with E-state index in [1.165, 1.54) is 77.0 Å². The third kappa shape index (κ3) is 135. The number of hydrogen-bond donors (Lipinski definition) is 2. The molecule has 0 unspecified atom stereocenters. The minimum Gasteiger partial charge on any atom is -0.222 e. The summed E-state index contributed by atoms with van der Waals surface area (Å²) in [6.07, 6.45) is 18.1. The van der Waals surface area contributed by atoms with Crippen LogP contribution in [0.5, 0.6) is 0 Å². The fraction of sp³-hybridized carbons (Fsp3) is 0.900. The number of hydrogen-bond acceptors (Lipinski definition) is 4. The normalized spacial score (nSPS) is 7.42. The van der Waals surface area contributed by atoms with E-state index >= 15 is 0 Å². The van der Waals surface area contributed by atoms with Crippen molar-refractivity contribution >= 4 is 12.2 Å². The Labute approximate surface area is 151 Å². The topological polar surface area (TPSA) is 81.8 Å². The Morgan fingerprint density at radius 2 is 0.542 bits per heavy atom. The van der Waals surface area contributed by atoms with E-state index in [0.717, 1.165) is 12.2 Å². The Morgan fingerprint density at radius 1 is 0.458 bits per heavy atom. The Hall–Kier alpha value is -1.24. The Balaban J connectivity index is -0.0000000648. The second-order valence-corrected chi connectivity index (χ2v) is 5.33. The first-order chi connectivity index (χ1) is 11.6. The first kappa shape index (κ1) is 34.2. The summed E-state index contributed by atoms with van der Waals surface area (Å²) in [6.45, 7) is 13.4. The fourth-order valence-electron chi connectivity index (χ4n) is 1.50. The van der Waals surface area contributed by atoms with Crippen LogP contribution in [0.4, 0.5) is 0 Å². The van der Waals surface area contributed by atoms with Gasteiger partial charge in [-0.15, -0.1) is 0 Å². The average Bonchev–Trinajstić information content (AvgIpc) is 2.59. The van der Waals surface area contributed by atoms with Gasteiger partial charge in [-0.25, -0.2) is 20.4 Å². The fourth-order valence-corrected chi connectivity index (χ4v) is 1.50. The smallest absolute Gasteiger partial charge is 0.222 e. The number of unbranched alkanes of at least 4 members (excludes halogenated alkanes) is 9. The summed E-state index contributed by atoms with van der Waals surface area (Å²) in [5, 5.41) is 10.8. The van der Waals surface area contributed by atoms with Crippen LogP contribution in [0.25, 0.3) is 0 Å². The van der Waals surface area contributed by atoms with Crippen LogP contribution >= 0.6 is 0 Å². The van der Waals surface area contributed by atoms with Gasteiger partial charge < -0.3 is 0 Å². The molecule has 0 radical (unpaired) electrons. The summed E-state index contributed by atoms with van der Waals surface area (Å²) in [5.41, 5.74) is 0. The predicted octanol–water partition coefficient (Wildman–Crippen LogP) is 7.56. The van der Waals surface area contributed by atoms with E-state index in [1.54, 1.807) is 0 Å². The Bertz CT molecular complexity index is 177. The number of rotatable bonds is 9. The van der Waals surface area contributed by atoms with Gasteiger partial charge >= 0.3 is 0 Å². The van der Waals surface area contributed by atoms with Gasteiger partial charge in [-0.3, -0.25) is 0 Å². The van der Waals surface area contributed by atoms with Crippen molar-refractivity contribution in [1.82, 2.24) is 0 Å². The first-order valence-electron chi connectivity index (χ1n) is 9.65. The van der Waals surface area contributed by atoms with Crippen molar-refractivity contribution < 1.29 is 9.59 Å². The number of nitrogens with one attached hydrogen (secondary N) is 2. The molecule has 0 saturated carbocycles. The molecule has 0 aromatic carbocycles. The van der Waals surface area contributed by atoms with E-state index in [2.05, 4.69) is 41.5 Å². The third-order valence-corrected chi connectivity index (χ3v) is 2.87. The van der Waals surface area contributed by atoms with Crippen LogP contribution in [-0.4, -0.2) is 12.2 Å². The molecule has 0 atom stereocenters. The molecular weight excluding hydrogens is 300 g/mol. The van der Waals surface area contributed by atoms with Gasteiger partial charge in [-0.05, 0) is 0 Å². The highest BCUT2D eigenvalue weighted by Crippen LogP contribution is 1.96. The second-order valence-electron chi connectivity index (χ2n) is 5.33. The summed E-state index contributed by atoms with van der Waals surface area (Å²) in [7, 11) is 0. The van der Waals surface area contributed by atoms with Crippen LogP contribution in [-0.2, 0) is 9.59 Å². The van der Waals surface area contributed by atoms with Gasteiger partial charge in [0, 0.05) is 0 Å². The van der Waals surface area contributed by atoms with Crippen LogP contribution in [0.2, 0.25) is 0 Å². The maximum absolute atomic E-state index is 8.35.